The first-order valence-electron chi connectivity index (χ1n) is 5.87. The van der Waals surface area contributed by atoms with Gasteiger partial charge in [0.2, 0.25) is 0 Å². The van der Waals surface area contributed by atoms with E-state index in [1.165, 1.54) is 0 Å². The molecule has 1 aromatic rings. The Morgan fingerprint density at radius 1 is 1.50 bits per heavy atom. The lowest BCUT2D eigenvalue weighted by atomic mass is 10.1. The third kappa shape index (κ3) is 3.25. The number of nitrogens with zero attached hydrogens (tertiary/aromatic N) is 1. The Bertz CT molecular complexity index is 439. The molecule has 3 nitrogen and oxygen atoms in total. The highest BCUT2D eigenvalue weighted by molar-refractivity contribution is 9.10. The number of piperazine rings is 1. The maximum absolute atomic E-state index is 12.4. The molecule has 1 heterocycles. The molecule has 1 aromatic carbocycles. The number of rotatable bonds is 1. The van der Waals surface area contributed by atoms with Crippen molar-refractivity contribution in [1.82, 2.24) is 10.2 Å². The van der Waals surface area contributed by atoms with E-state index >= 15 is 0 Å². The lowest BCUT2D eigenvalue weighted by Gasteiger charge is -2.34. The molecular formula is C13H18BrClN2O. The maximum atomic E-state index is 12.4. The van der Waals surface area contributed by atoms with Gasteiger partial charge in [-0.2, -0.15) is 0 Å². The molecule has 1 aliphatic heterocycles. The molecule has 0 spiro atoms. The van der Waals surface area contributed by atoms with Crippen LogP contribution in [-0.2, 0) is 0 Å². The molecule has 0 radical (unpaired) electrons. The minimum atomic E-state index is 0. The van der Waals surface area contributed by atoms with Crippen molar-refractivity contribution >= 4 is 34.2 Å². The molecular weight excluding hydrogens is 316 g/mol. The molecule has 1 aliphatic rings. The average Bonchev–Trinajstić information content (AvgIpc) is 2.29. The Morgan fingerprint density at radius 2 is 2.22 bits per heavy atom. The van der Waals surface area contributed by atoms with Gasteiger partial charge < -0.3 is 10.2 Å². The van der Waals surface area contributed by atoms with Crippen LogP contribution in [0.3, 0.4) is 0 Å². The summed E-state index contributed by atoms with van der Waals surface area (Å²) in [5, 5.41) is 3.29. The highest BCUT2D eigenvalue weighted by Crippen LogP contribution is 2.21. The topological polar surface area (TPSA) is 32.3 Å². The lowest BCUT2D eigenvalue weighted by Crippen LogP contribution is -2.52. The third-order valence-corrected chi connectivity index (χ3v) is 3.77. The highest BCUT2D eigenvalue weighted by Gasteiger charge is 2.25. The normalized spacial score (nSPS) is 19.3. The van der Waals surface area contributed by atoms with Gasteiger partial charge in [-0.3, -0.25) is 4.79 Å². The van der Waals surface area contributed by atoms with Gasteiger partial charge in [-0.15, -0.1) is 12.4 Å². The molecule has 5 heteroatoms. The van der Waals surface area contributed by atoms with Gasteiger partial charge in [0.15, 0.2) is 0 Å². The van der Waals surface area contributed by atoms with Crippen molar-refractivity contribution in [3.05, 3.63) is 33.8 Å². The molecule has 1 saturated heterocycles. The Hall–Kier alpha value is -0.580. The fourth-order valence-electron chi connectivity index (χ4n) is 2.09. The standard InChI is InChI=1S/C13H17BrN2O.ClH/c1-9-3-4-11(12(14)7-9)13(17)16-6-5-15-8-10(16)2;/h3-4,7,10,15H,5-6,8H2,1-2H3;1H. The first-order chi connectivity index (χ1) is 8.09. The number of carbonyl (C=O) groups excluding carboxylic acids is 1. The number of benzene rings is 1. The van der Waals surface area contributed by atoms with Gasteiger partial charge >= 0.3 is 0 Å². The van der Waals surface area contributed by atoms with Crippen LogP contribution < -0.4 is 5.32 Å². The zero-order chi connectivity index (χ0) is 12.4. The Balaban J connectivity index is 0.00000162. The molecule has 1 fully saturated rings. The SMILES string of the molecule is Cc1ccc(C(=O)N2CCNCC2C)c(Br)c1.Cl. The number of nitrogens with one attached hydrogen (secondary N) is 1. The zero-order valence-corrected chi connectivity index (χ0v) is 13.0. The number of hydrogen-bond acceptors (Lipinski definition) is 2. The number of hydrogen-bond donors (Lipinski definition) is 1. The van der Waals surface area contributed by atoms with Crippen molar-refractivity contribution in [1.29, 1.82) is 0 Å². The second-order valence-corrected chi connectivity index (χ2v) is 5.39. The second kappa shape index (κ2) is 6.55. The Labute approximate surface area is 122 Å². The fraction of sp³-hybridized carbons (Fsp3) is 0.462. The van der Waals surface area contributed by atoms with Crippen molar-refractivity contribution in [2.24, 2.45) is 0 Å². The quantitative estimate of drug-likeness (QED) is 0.857. The van der Waals surface area contributed by atoms with Gasteiger partial charge in [-0.05, 0) is 47.5 Å². The molecule has 1 unspecified atom stereocenters. The van der Waals surface area contributed by atoms with Gasteiger partial charge in [-0.1, -0.05) is 6.07 Å². The minimum absolute atomic E-state index is 0. The van der Waals surface area contributed by atoms with Crippen molar-refractivity contribution in [3.63, 3.8) is 0 Å². The van der Waals surface area contributed by atoms with Crippen LogP contribution in [0.2, 0.25) is 0 Å². The Kier molecular flexibility index (Phi) is 5.63. The van der Waals surface area contributed by atoms with E-state index < -0.39 is 0 Å². The fourth-order valence-corrected chi connectivity index (χ4v) is 2.75. The largest absolute Gasteiger partial charge is 0.333 e. The molecule has 18 heavy (non-hydrogen) atoms. The summed E-state index contributed by atoms with van der Waals surface area (Å²) in [6.45, 7) is 6.62. The number of halogens is 2. The van der Waals surface area contributed by atoms with Crippen molar-refractivity contribution < 1.29 is 4.79 Å². The number of amides is 1. The van der Waals surface area contributed by atoms with Crippen LogP contribution >= 0.6 is 28.3 Å². The van der Waals surface area contributed by atoms with Crippen LogP contribution in [0.4, 0.5) is 0 Å². The molecule has 100 valence electrons. The summed E-state index contributed by atoms with van der Waals surface area (Å²) in [5.74, 6) is 0.117. The zero-order valence-electron chi connectivity index (χ0n) is 10.6. The van der Waals surface area contributed by atoms with E-state index in [-0.39, 0.29) is 24.4 Å². The monoisotopic (exact) mass is 332 g/mol. The molecule has 2 rings (SSSR count). The first kappa shape index (κ1) is 15.5. The summed E-state index contributed by atoms with van der Waals surface area (Å²) >= 11 is 3.47. The molecule has 1 N–H and O–H groups in total. The second-order valence-electron chi connectivity index (χ2n) is 4.53. The van der Waals surface area contributed by atoms with E-state index in [4.69, 9.17) is 0 Å². The molecule has 0 aliphatic carbocycles. The van der Waals surface area contributed by atoms with E-state index in [1.54, 1.807) is 0 Å². The summed E-state index contributed by atoms with van der Waals surface area (Å²) in [4.78, 5) is 14.3. The number of carbonyl (C=O) groups is 1. The van der Waals surface area contributed by atoms with Crippen molar-refractivity contribution in [3.8, 4) is 0 Å². The van der Waals surface area contributed by atoms with Gasteiger partial charge in [0, 0.05) is 30.1 Å². The summed E-state index contributed by atoms with van der Waals surface area (Å²) < 4.78 is 0.883. The van der Waals surface area contributed by atoms with Gasteiger partial charge in [-0.25, -0.2) is 0 Å². The van der Waals surface area contributed by atoms with E-state index in [2.05, 4.69) is 28.2 Å². The van der Waals surface area contributed by atoms with Gasteiger partial charge in [0.25, 0.3) is 5.91 Å². The van der Waals surface area contributed by atoms with E-state index in [9.17, 15) is 4.79 Å². The smallest absolute Gasteiger partial charge is 0.255 e. The van der Waals surface area contributed by atoms with Crippen LogP contribution in [0.5, 0.6) is 0 Å². The summed E-state index contributed by atoms with van der Waals surface area (Å²) in [6.07, 6.45) is 0. The average molecular weight is 334 g/mol. The third-order valence-electron chi connectivity index (χ3n) is 3.12. The molecule has 1 amide bonds. The minimum Gasteiger partial charge on any atom is -0.333 e. The van der Waals surface area contributed by atoms with Crippen LogP contribution in [0.15, 0.2) is 22.7 Å². The summed E-state index contributed by atoms with van der Waals surface area (Å²) in [7, 11) is 0. The van der Waals surface area contributed by atoms with Gasteiger partial charge in [0.05, 0.1) is 5.56 Å². The van der Waals surface area contributed by atoms with E-state index in [1.807, 2.05) is 30.0 Å². The van der Waals surface area contributed by atoms with Crippen LogP contribution in [0, 0.1) is 6.92 Å². The predicted molar refractivity (Wildman–Crippen MR) is 79.5 cm³/mol. The van der Waals surface area contributed by atoms with Crippen molar-refractivity contribution in [2.45, 2.75) is 19.9 Å². The summed E-state index contributed by atoms with van der Waals surface area (Å²) in [5.41, 5.74) is 1.91. The van der Waals surface area contributed by atoms with E-state index in [0.29, 0.717) is 0 Å². The maximum Gasteiger partial charge on any atom is 0.255 e. The number of aryl methyl sites for hydroxylation is 1. The molecule has 0 bridgehead atoms. The van der Waals surface area contributed by atoms with Gasteiger partial charge in [0.1, 0.15) is 0 Å². The predicted octanol–water partition coefficient (Wildman–Crippen LogP) is 2.61. The molecule has 1 atom stereocenters. The molecule has 0 saturated carbocycles. The molecule has 0 aromatic heterocycles. The van der Waals surface area contributed by atoms with E-state index in [0.717, 1.165) is 35.2 Å². The Morgan fingerprint density at radius 3 is 2.83 bits per heavy atom. The van der Waals surface area contributed by atoms with Crippen LogP contribution in [0.1, 0.15) is 22.8 Å². The lowest BCUT2D eigenvalue weighted by molar-refractivity contribution is 0.0655. The van der Waals surface area contributed by atoms with Crippen molar-refractivity contribution in [2.75, 3.05) is 19.6 Å². The summed E-state index contributed by atoms with van der Waals surface area (Å²) in [6, 6.07) is 6.12. The van der Waals surface area contributed by atoms with Crippen LogP contribution in [0.25, 0.3) is 0 Å². The van der Waals surface area contributed by atoms with Crippen LogP contribution in [-0.4, -0.2) is 36.5 Å². The first-order valence-corrected chi connectivity index (χ1v) is 6.66. The highest BCUT2D eigenvalue weighted by atomic mass is 79.9.